The fourth-order valence-electron chi connectivity index (χ4n) is 0.801. The quantitative estimate of drug-likeness (QED) is 0.361. The van der Waals surface area contributed by atoms with E-state index in [0.717, 1.165) is 6.42 Å². The first-order chi connectivity index (χ1) is 6.20. The summed E-state index contributed by atoms with van der Waals surface area (Å²) >= 11 is 0. The van der Waals surface area contributed by atoms with Crippen LogP contribution in [-0.4, -0.2) is 25.3 Å². The van der Waals surface area contributed by atoms with Crippen LogP contribution in [0.15, 0.2) is 12.2 Å². The lowest BCUT2D eigenvalue weighted by Crippen LogP contribution is -2.19. The normalized spacial score (nSPS) is 13.2. The van der Waals surface area contributed by atoms with E-state index in [4.69, 9.17) is 9.47 Å². The lowest BCUT2D eigenvalue weighted by Gasteiger charge is -2.11. The second-order valence-electron chi connectivity index (χ2n) is 2.82. The van der Waals surface area contributed by atoms with Crippen molar-refractivity contribution in [2.24, 2.45) is 0 Å². The molecule has 0 radical (unpaired) electrons. The van der Waals surface area contributed by atoms with E-state index in [9.17, 15) is 4.79 Å². The molecule has 0 bridgehead atoms. The first-order valence-electron chi connectivity index (χ1n) is 4.61. The van der Waals surface area contributed by atoms with Crippen LogP contribution in [0.2, 0.25) is 0 Å². The van der Waals surface area contributed by atoms with Gasteiger partial charge in [-0.1, -0.05) is 13.0 Å². The molecule has 13 heavy (non-hydrogen) atoms. The molecule has 3 heteroatoms. The van der Waals surface area contributed by atoms with Gasteiger partial charge in [0.15, 0.2) is 0 Å². The van der Waals surface area contributed by atoms with Crippen LogP contribution in [0.5, 0.6) is 0 Å². The highest BCUT2D eigenvalue weighted by Crippen LogP contribution is 1.94. The van der Waals surface area contributed by atoms with E-state index in [1.54, 1.807) is 13.0 Å². The average molecular weight is 186 g/mol. The van der Waals surface area contributed by atoms with Gasteiger partial charge >= 0.3 is 5.97 Å². The Kier molecular flexibility index (Phi) is 7.30. The molecule has 76 valence electrons. The van der Waals surface area contributed by atoms with Gasteiger partial charge in [-0.15, -0.1) is 0 Å². The highest BCUT2D eigenvalue weighted by atomic mass is 16.6. The molecular formula is C10H18O3. The van der Waals surface area contributed by atoms with Gasteiger partial charge in [0.05, 0.1) is 6.61 Å². The second kappa shape index (κ2) is 7.80. The minimum absolute atomic E-state index is 0.171. The first-order valence-corrected chi connectivity index (χ1v) is 4.61. The zero-order valence-corrected chi connectivity index (χ0v) is 8.58. The van der Waals surface area contributed by atoms with Gasteiger partial charge in [0.25, 0.3) is 0 Å². The zero-order chi connectivity index (χ0) is 10.1. The van der Waals surface area contributed by atoms with Crippen LogP contribution < -0.4 is 0 Å². The molecule has 0 N–H and O–H groups in total. The predicted octanol–water partition coefficient (Wildman–Crippen LogP) is 1.92. The predicted molar refractivity (Wildman–Crippen MR) is 51.5 cm³/mol. The van der Waals surface area contributed by atoms with Crippen molar-refractivity contribution >= 4 is 5.97 Å². The van der Waals surface area contributed by atoms with E-state index in [1.807, 2.05) is 13.8 Å². The standard InChI is InChI=1S/C10H18O3/c1-4-6-10(11)13-9(3)8-12-7-5-2/h4,6,9H,5,7-8H2,1-3H3. The molecule has 0 aliphatic rings. The Morgan fingerprint density at radius 1 is 1.54 bits per heavy atom. The number of esters is 1. The average Bonchev–Trinajstić information content (AvgIpc) is 2.05. The molecule has 0 aromatic heterocycles. The van der Waals surface area contributed by atoms with Crippen LogP contribution in [-0.2, 0) is 14.3 Å². The third-order valence-electron chi connectivity index (χ3n) is 1.32. The maximum atomic E-state index is 10.9. The minimum Gasteiger partial charge on any atom is -0.457 e. The number of carbonyl (C=O) groups is 1. The summed E-state index contributed by atoms with van der Waals surface area (Å²) in [6, 6.07) is 0. The van der Waals surface area contributed by atoms with Crippen LogP contribution in [0.1, 0.15) is 27.2 Å². The van der Waals surface area contributed by atoms with Crippen molar-refractivity contribution in [3.8, 4) is 0 Å². The van der Waals surface area contributed by atoms with Gasteiger partial charge in [-0.05, 0) is 20.3 Å². The molecule has 0 aromatic rings. The maximum absolute atomic E-state index is 10.9. The van der Waals surface area contributed by atoms with E-state index in [2.05, 4.69) is 0 Å². The van der Waals surface area contributed by atoms with Crippen molar-refractivity contribution in [2.75, 3.05) is 13.2 Å². The third kappa shape index (κ3) is 7.53. The largest absolute Gasteiger partial charge is 0.457 e. The summed E-state index contributed by atoms with van der Waals surface area (Å²) in [6.45, 7) is 6.82. The Labute approximate surface area is 79.7 Å². The van der Waals surface area contributed by atoms with Gasteiger partial charge in [-0.25, -0.2) is 4.79 Å². The lowest BCUT2D eigenvalue weighted by molar-refractivity contribution is -0.144. The van der Waals surface area contributed by atoms with E-state index >= 15 is 0 Å². The fourth-order valence-corrected chi connectivity index (χ4v) is 0.801. The lowest BCUT2D eigenvalue weighted by atomic mass is 10.4. The Morgan fingerprint density at radius 3 is 2.77 bits per heavy atom. The number of allylic oxidation sites excluding steroid dienone is 1. The molecule has 1 unspecified atom stereocenters. The van der Waals surface area contributed by atoms with Gasteiger partial charge in [0.2, 0.25) is 0 Å². The Balaban J connectivity index is 3.49. The molecule has 0 spiro atoms. The summed E-state index contributed by atoms with van der Waals surface area (Å²) in [4.78, 5) is 10.9. The van der Waals surface area contributed by atoms with Gasteiger partial charge in [0.1, 0.15) is 6.10 Å². The molecule has 0 aromatic carbocycles. The molecule has 0 aliphatic heterocycles. The topological polar surface area (TPSA) is 35.5 Å². The highest BCUT2D eigenvalue weighted by Gasteiger charge is 2.05. The van der Waals surface area contributed by atoms with Crippen LogP contribution in [0.3, 0.4) is 0 Å². The molecule has 0 fully saturated rings. The molecule has 0 heterocycles. The highest BCUT2D eigenvalue weighted by molar-refractivity contribution is 5.81. The number of hydrogen-bond acceptors (Lipinski definition) is 3. The Hall–Kier alpha value is -0.830. The Bertz CT molecular complexity index is 164. The van der Waals surface area contributed by atoms with Gasteiger partial charge in [-0.2, -0.15) is 0 Å². The summed E-state index contributed by atoms with van der Waals surface area (Å²) in [5.74, 6) is -0.310. The van der Waals surface area contributed by atoms with Gasteiger partial charge in [-0.3, -0.25) is 0 Å². The van der Waals surface area contributed by atoms with E-state index in [0.29, 0.717) is 13.2 Å². The number of ether oxygens (including phenoxy) is 2. The molecule has 0 saturated heterocycles. The molecule has 0 rings (SSSR count). The van der Waals surface area contributed by atoms with Crippen molar-refractivity contribution < 1.29 is 14.3 Å². The molecular weight excluding hydrogens is 168 g/mol. The number of carbonyl (C=O) groups excluding carboxylic acids is 1. The third-order valence-corrected chi connectivity index (χ3v) is 1.32. The van der Waals surface area contributed by atoms with Crippen molar-refractivity contribution in [1.29, 1.82) is 0 Å². The van der Waals surface area contributed by atoms with E-state index in [1.165, 1.54) is 6.08 Å². The van der Waals surface area contributed by atoms with Crippen LogP contribution in [0.25, 0.3) is 0 Å². The monoisotopic (exact) mass is 186 g/mol. The maximum Gasteiger partial charge on any atom is 0.330 e. The van der Waals surface area contributed by atoms with Crippen LogP contribution in [0, 0.1) is 0 Å². The molecule has 3 nitrogen and oxygen atoms in total. The van der Waals surface area contributed by atoms with E-state index < -0.39 is 0 Å². The molecule has 0 saturated carbocycles. The van der Waals surface area contributed by atoms with Crippen molar-refractivity contribution in [3.05, 3.63) is 12.2 Å². The van der Waals surface area contributed by atoms with Crippen molar-refractivity contribution in [1.82, 2.24) is 0 Å². The fraction of sp³-hybridized carbons (Fsp3) is 0.700. The summed E-state index contributed by atoms with van der Waals surface area (Å²) in [5.41, 5.74) is 0. The van der Waals surface area contributed by atoms with Gasteiger partial charge in [0, 0.05) is 12.7 Å². The van der Waals surface area contributed by atoms with E-state index in [-0.39, 0.29) is 12.1 Å². The molecule has 1 atom stereocenters. The van der Waals surface area contributed by atoms with Gasteiger partial charge < -0.3 is 9.47 Å². The first kappa shape index (κ1) is 12.2. The summed E-state index contributed by atoms with van der Waals surface area (Å²) in [6.07, 6.45) is 3.86. The summed E-state index contributed by atoms with van der Waals surface area (Å²) in [7, 11) is 0. The number of hydrogen-bond donors (Lipinski definition) is 0. The zero-order valence-electron chi connectivity index (χ0n) is 8.58. The van der Waals surface area contributed by atoms with Crippen LogP contribution in [0.4, 0.5) is 0 Å². The van der Waals surface area contributed by atoms with Crippen molar-refractivity contribution in [3.63, 3.8) is 0 Å². The molecule has 0 amide bonds. The second-order valence-corrected chi connectivity index (χ2v) is 2.82. The minimum atomic E-state index is -0.310. The summed E-state index contributed by atoms with van der Waals surface area (Å²) < 4.78 is 10.2. The molecule has 0 aliphatic carbocycles. The number of rotatable bonds is 6. The SMILES string of the molecule is CC=CC(=O)OC(C)COCCC. The Morgan fingerprint density at radius 2 is 2.23 bits per heavy atom. The summed E-state index contributed by atoms with van der Waals surface area (Å²) in [5, 5.41) is 0. The van der Waals surface area contributed by atoms with Crippen molar-refractivity contribution in [2.45, 2.75) is 33.3 Å². The van der Waals surface area contributed by atoms with Crippen LogP contribution >= 0.6 is 0 Å². The smallest absolute Gasteiger partial charge is 0.330 e.